The molecule has 6 rings (SSSR count). The summed E-state index contributed by atoms with van der Waals surface area (Å²) in [6.45, 7) is 9.87. The van der Waals surface area contributed by atoms with Crippen molar-refractivity contribution < 1.29 is 23.4 Å². The molecule has 11 nitrogen and oxygen atoms in total. The highest BCUT2D eigenvalue weighted by Gasteiger charge is 2.64. The normalized spacial score (nSPS) is 21.2. The molecule has 3 saturated heterocycles. The molecule has 1 aromatic carbocycles. The number of fused-ring (bicyclic) bond motifs is 1. The minimum Gasteiger partial charge on any atom is -0.465 e. The van der Waals surface area contributed by atoms with Gasteiger partial charge in [-0.15, -0.1) is 0 Å². The van der Waals surface area contributed by atoms with Gasteiger partial charge in [-0.25, -0.2) is 18.6 Å². The third kappa shape index (κ3) is 3.91. The fourth-order valence-electron chi connectivity index (χ4n) is 6.32. The van der Waals surface area contributed by atoms with Crippen LogP contribution in [-0.4, -0.2) is 92.6 Å². The molecule has 3 aliphatic heterocycles. The van der Waals surface area contributed by atoms with Crippen molar-refractivity contribution in [2.45, 2.75) is 33.2 Å². The van der Waals surface area contributed by atoms with Gasteiger partial charge >= 0.3 is 6.09 Å². The van der Waals surface area contributed by atoms with Gasteiger partial charge in [0.05, 0.1) is 30.3 Å². The molecule has 38 heavy (non-hydrogen) atoms. The Morgan fingerprint density at radius 3 is 2.26 bits per heavy atom. The number of benzene rings is 1. The van der Waals surface area contributed by atoms with Gasteiger partial charge in [-0.1, -0.05) is 32.9 Å². The van der Waals surface area contributed by atoms with Crippen molar-refractivity contribution >= 4 is 29.0 Å². The van der Waals surface area contributed by atoms with E-state index in [9.17, 15) is 18.7 Å². The van der Waals surface area contributed by atoms with Gasteiger partial charge in [-0.2, -0.15) is 15.0 Å². The summed E-state index contributed by atoms with van der Waals surface area (Å²) in [7, 11) is 0. The molecule has 3 aromatic rings. The molecule has 1 amide bonds. The first kappa shape index (κ1) is 24.7. The number of ether oxygens (including phenoxy) is 1. The van der Waals surface area contributed by atoms with Crippen molar-refractivity contribution in [2.75, 3.05) is 55.7 Å². The fraction of sp³-hybridized carbons (Fsp3) is 0.560. The van der Waals surface area contributed by atoms with E-state index in [1.165, 1.54) is 9.47 Å². The van der Waals surface area contributed by atoms with Gasteiger partial charge in [0.25, 0.3) is 6.43 Å². The van der Waals surface area contributed by atoms with Gasteiger partial charge in [0.1, 0.15) is 0 Å². The molecule has 3 fully saturated rings. The van der Waals surface area contributed by atoms with Gasteiger partial charge in [0.15, 0.2) is 5.82 Å². The summed E-state index contributed by atoms with van der Waals surface area (Å²) < 4.78 is 35.0. The zero-order valence-electron chi connectivity index (χ0n) is 21.5. The fourth-order valence-corrected chi connectivity index (χ4v) is 6.32. The monoisotopic (exact) mass is 528 g/mol. The van der Waals surface area contributed by atoms with E-state index in [0.29, 0.717) is 68.9 Å². The molecule has 202 valence electrons. The molecular formula is C25H30F2N8O3. The minimum absolute atomic E-state index is 0.0783. The lowest BCUT2D eigenvalue weighted by Crippen LogP contribution is -2.81. The number of carbonyl (C=O) groups is 1. The summed E-state index contributed by atoms with van der Waals surface area (Å²) in [5.41, 5.74) is 0.459. The van der Waals surface area contributed by atoms with Crippen LogP contribution in [0.4, 0.5) is 25.5 Å². The molecule has 0 saturated carbocycles. The second-order valence-corrected chi connectivity index (χ2v) is 11.3. The maximum absolute atomic E-state index is 14.1. The number of amides is 1. The number of morpholine rings is 1. The van der Waals surface area contributed by atoms with Crippen LogP contribution in [0.1, 0.15) is 33.0 Å². The Labute approximate surface area is 218 Å². The molecular weight excluding hydrogens is 498 g/mol. The van der Waals surface area contributed by atoms with Crippen molar-refractivity contribution in [1.82, 2.24) is 29.4 Å². The number of likely N-dealkylation sites (tertiary alicyclic amines) is 1. The number of hydrogen-bond acceptors (Lipinski definition) is 8. The molecule has 0 aliphatic carbocycles. The van der Waals surface area contributed by atoms with Crippen LogP contribution in [0.2, 0.25) is 0 Å². The molecule has 1 unspecified atom stereocenters. The zero-order chi connectivity index (χ0) is 26.8. The van der Waals surface area contributed by atoms with Crippen molar-refractivity contribution in [2.24, 2.45) is 10.8 Å². The van der Waals surface area contributed by atoms with Gasteiger partial charge in [-0.05, 0) is 17.5 Å². The number of halogens is 2. The molecule has 5 heterocycles. The van der Waals surface area contributed by atoms with Crippen molar-refractivity contribution in [3.63, 3.8) is 0 Å². The highest BCUT2D eigenvalue weighted by Crippen LogP contribution is 2.52. The Balaban J connectivity index is 1.40. The summed E-state index contributed by atoms with van der Waals surface area (Å²) in [4.78, 5) is 35.4. The molecule has 1 spiro atoms. The van der Waals surface area contributed by atoms with Crippen molar-refractivity contribution in [1.29, 1.82) is 0 Å². The number of para-hydroxylation sites is 2. The number of imidazole rings is 1. The Kier molecular flexibility index (Phi) is 5.67. The second kappa shape index (κ2) is 8.72. The maximum Gasteiger partial charge on any atom is 0.407 e. The van der Waals surface area contributed by atoms with E-state index in [2.05, 4.69) is 15.0 Å². The lowest BCUT2D eigenvalue weighted by atomic mass is 9.58. The second-order valence-electron chi connectivity index (χ2n) is 11.3. The number of alkyl halides is 2. The number of hydrogen-bond donors (Lipinski definition) is 1. The molecule has 2 aromatic heterocycles. The number of rotatable bonds is 4. The Hall–Kier alpha value is -3.61. The standard InChI is InChI=1S/C25H30F2N8O3/c1-24(2,3)19-25(14-34(19)23(36)37)12-33(13-25)21-29-20(32-8-10-38-11-9-32)30-22(31-21)35-16-7-5-4-6-15(16)28-18(35)17(26)27/h4-7,17,19H,8-14H2,1-3H3,(H,36,37). The molecule has 1 atom stereocenters. The van der Waals surface area contributed by atoms with E-state index in [1.807, 2.05) is 30.6 Å². The van der Waals surface area contributed by atoms with Crippen molar-refractivity contribution in [3.8, 4) is 5.95 Å². The smallest absolute Gasteiger partial charge is 0.407 e. The van der Waals surface area contributed by atoms with Crippen LogP contribution in [-0.2, 0) is 4.74 Å². The third-order valence-electron chi connectivity index (χ3n) is 7.61. The van der Waals surface area contributed by atoms with Crippen LogP contribution in [0.15, 0.2) is 24.3 Å². The number of carboxylic acid groups (broad SMARTS) is 1. The minimum atomic E-state index is -2.83. The molecule has 0 bridgehead atoms. The average Bonchev–Trinajstić information content (AvgIpc) is 3.22. The summed E-state index contributed by atoms with van der Waals surface area (Å²) in [5, 5.41) is 9.68. The van der Waals surface area contributed by atoms with Crippen molar-refractivity contribution in [3.05, 3.63) is 30.1 Å². The first-order chi connectivity index (χ1) is 18.1. The topological polar surface area (TPSA) is 113 Å². The van der Waals surface area contributed by atoms with Crippen LogP contribution < -0.4 is 9.80 Å². The maximum atomic E-state index is 14.1. The third-order valence-corrected chi connectivity index (χ3v) is 7.61. The van der Waals surface area contributed by atoms with Gasteiger partial charge in [0, 0.05) is 38.1 Å². The summed E-state index contributed by atoms with van der Waals surface area (Å²) in [6, 6.07) is 6.76. The largest absolute Gasteiger partial charge is 0.465 e. The van der Waals surface area contributed by atoms with Crippen LogP contribution in [0, 0.1) is 10.8 Å². The SMILES string of the molecule is CC(C)(C)C1N(C(=O)O)CC12CN(c1nc(N3CCOCC3)nc(-n3c(C(F)F)nc4ccccc43)n1)C2. The van der Waals surface area contributed by atoms with Gasteiger partial charge in [-0.3, -0.25) is 4.57 Å². The summed E-state index contributed by atoms with van der Waals surface area (Å²) in [5.74, 6) is 0.414. The van der Waals surface area contributed by atoms with Crippen LogP contribution in [0.3, 0.4) is 0 Å². The summed E-state index contributed by atoms with van der Waals surface area (Å²) >= 11 is 0. The molecule has 3 aliphatic rings. The zero-order valence-corrected chi connectivity index (χ0v) is 21.5. The number of nitrogens with zero attached hydrogens (tertiary/aromatic N) is 8. The van der Waals surface area contributed by atoms with E-state index in [1.54, 1.807) is 24.3 Å². The van der Waals surface area contributed by atoms with Crippen LogP contribution in [0.5, 0.6) is 0 Å². The average molecular weight is 529 g/mol. The van der Waals surface area contributed by atoms with Crippen LogP contribution in [0.25, 0.3) is 17.0 Å². The van der Waals surface area contributed by atoms with E-state index in [4.69, 9.17) is 9.72 Å². The number of anilines is 2. The van der Waals surface area contributed by atoms with E-state index >= 15 is 0 Å². The first-order valence-corrected chi connectivity index (χ1v) is 12.7. The van der Waals surface area contributed by atoms with Crippen LogP contribution >= 0.6 is 0 Å². The first-order valence-electron chi connectivity index (χ1n) is 12.7. The van der Waals surface area contributed by atoms with Gasteiger partial charge in [0.2, 0.25) is 17.8 Å². The lowest BCUT2D eigenvalue weighted by molar-refractivity contribution is -0.122. The molecule has 13 heteroatoms. The van der Waals surface area contributed by atoms with E-state index in [-0.39, 0.29) is 22.8 Å². The van der Waals surface area contributed by atoms with Gasteiger partial charge < -0.3 is 24.5 Å². The Morgan fingerprint density at radius 1 is 1.00 bits per heavy atom. The number of aromatic nitrogens is 5. The Bertz CT molecular complexity index is 1380. The van der Waals surface area contributed by atoms with E-state index < -0.39 is 18.3 Å². The predicted octanol–water partition coefficient (Wildman–Crippen LogP) is 3.20. The Morgan fingerprint density at radius 2 is 1.63 bits per heavy atom. The lowest BCUT2D eigenvalue weighted by Gasteiger charge is -2.67. The highest BCUT2D eigenvalue weighted by atomic mass is 19.3. The predicted molar refractivity (Wildman–Crippen MR) is 135 cm³/mol. The highest BCUT2D eigenvalue weighted by molar-refractivity contribution is 5.77. The van der Waals surface area contributed by atoms with E-state index in [0.717, 1.165) is 0 Å². The molecule has 1 N–H and O–H groups in total. The summed E-state index contributed by atoms with van der Waals surface area (Å²) in [6.07, 6.45) is -3.75. The molecule has 0 radical (unpaired) electrons. The quantitative estimate of drug-likeness (QED) is 0.545.